The van der Waals surface area contributed by atoms with Gasteiger partial charge >= 0.3 is 0 Å². The lowest BCUT2D eigenvalue weighted by Crippen LogP contribution is -2.13. The van der Waals surface area contributed by atoms with Crippen LogP contribution in [0.3, 0.4) is 0 Å². The number of rotatable bonds is 3. The molecule has 1 aromatic carbocycles. The van der Waals surface area contributed by atoms with Crippen molar-refractivity contribution in [3.63, 3.8) is 0 Å². The highest BCUT2D eigenvalue weighted by Crippen LogP contribution is 2.23. The summed E-state index contributed by atoms with van der Waals surface area (Å²) in [5.74, 6) is 0. The van der Waals surface area contributed by atoms with Gasteiger partial charge in [0, 0.05) is 18.2 Å². The number of hydrogen-bond acceptors (Lipinski definition) is 4. The number of hydrogen-bond donors (Lipinski definition) is 0. The molecular weight excluding hydrogens is 222 g/mol. The fourth-order valence-corrected chi connectivity index (χ4v) is 2.32. The summed E-state index contributed by atoms with van der Waals surface area (Å²) < 4.78 is 5.23. The topological polar surface area (TPSA) is 38.7 Å². The molecule has 3 nitrogen and oxygen atoms in total. The average molecular weight is 235 g/mol. The highest BCUT2D eigenvalue weighted by molar-refractivity contribution is 8.26. The maximum absolute atomic E-state index is 11.6. The van der Waals surface area contributed by atoms with Gasteiger partial charge in [0.1, 0.15) is 6.04 Å². The Kier molecular flexibility index (Phi) is 3.62. The normalized spacial score (nSPS) is 19.7. The van der Waals surface area contributed by atoms with Crippen molar-refractivity contribution >= 4 is 22.1 Å². The lowest BCUT2D eigenvalue weighted by Gasteiger charge is -2.03. The molecule has 0 aromatic heterocycles. The van der Waals surface area contributed by atoms with Crippen molar-refractivity contribution in [2.24, 2.45) is 4.99 Å². The van der Waals surface area contributed by atoms with Crippen LogP contribution >= 0.6 is 11.8 Å². The summed E-state index contributed by atoms with van der Waals surface area (Å²) >= 11 is 1.11. The van der Waals surface area contributed by atoms with E-state index in [4.69, 9.17) is 4.74 Å². The first-order valence-electron chi connectivity index (χ1n) is 5.26. The molecule has 0 amide bonds. The maximum Gasteiger partial charge on any atom is 0.254 e. The van der Waals surface area contributed by atoms with Gasteiger partial charge < -0.3 is 4.74 Å². The van der Waals surface area contributed by atoms with Crippen molar-refractivity contribution in [1.29, 1.82) is 0 Å². The second kappa shape index (κ2) is 5.16. The van der Waals surface area contributed by atoms with E-state index in [1.54, 1.807) is 0 Å². The van der Waals surface area contributed by atoms with Gasteiger partial charge in [-0.05, 0) is 12.5 Å². The summed E-state index contributed by atoms with van der Waals surface area (Å²) in [6.07, 6.45) is 0.656. The van der Waals surface area contributed by atoms with Gasteiger partial charge in [-0.1, -0.05) is 30.3 Å². The first-order valence-corrected chi connectivity index (χ1v) is 6.07. The third-order valence-electron chi connectivity index (χ3n) is 2.26. The molecular formula is C12H13NO2S. The average Bonchev–Trinajstić information content (AvgIpc) is 2.61. The molecule has 1 aromatic rings. The second-order valence-electron chi connectivity index (χ2n) is 3.45. The van der Waals surface area contributed by atoms with Crippen molar-refractivity contribution in [1.82, 2.24) is 0 Å². The Bertz CT molecular complexity index is 403. The highest BCUT2D eigenvalue weighted by atomic mass is 32.2. The van der Waals surface area contributed by atoms with Gasteiger partial charge in [0.15, 0.2) is 0 Å². The van der Waals surface area contributed by atoms with Crippen LogP contribution in [-0.4, -0.2) is 23.0 Å². The van der Waals surface area contributed by atoms with Crippen molar-refractivity contribution in [2.45, 2.75) is 19.4 Å². The van der Waals surface area contributed by atoms with Crippen molar-refractivity contribution in [3.05, 3.63) is 35.9 Å². The summed E-state index contributed by atoms with van der Waals surface area (Å²) in [5.41, 5.74) is 1.13. The summed E-state index contributed by atoms with van der Waals surface area (Å²) in [6, 6.07) is 9.63. The van der Waals surface area contributed by atoms with E-state index in [0.29, 0.717) is 18.3 Å². The Balaban J connectivity index is 2.03. The molecule has 0 fully saturated rings. The largest absolute Gasteiger partial charge is 0.473 e. The van der Waals surface area contributed by atoms with Crippen LogP contribution in [0.2, 0.25) is 0 Å². The maximum atomic E-state index is 11.6. The number of nitrogens with zero attached hydrogens (tertiary/aromatic N) is 1. The minimum absolute atomic E-state index is 0.0762. The zero-order valence-corrected chi connectivity index (χ0v) is 9.87. The van der Waals surface area contributed by atoms with Crippen LogP contribution in [0.15, 0.2) is 35.3 Å². The van der Waals surface area contributed by atoms with Gasteiger partial charge in [0.25, 0.3) is 5.23 Å². The van der Waals surface area contributed by atoms with Crippen LogP contribution < -0.4 is 0 Å². The minimum Gasteiger partial charge on any atom is -0.473 e. The van der Waals surface area contributed by atoms with Crippen molar-refractivity contribution in [3.8, 4) is 0 Å². The molecule has 0 bridgehead atoms. The van der Waals surface area contributed by atoms with E-state index >= 15 is 0 Å². The zero-order valence-electron chi connectivity index (χ0n) is 9.05. The molecule has 0 spiro atoms. The second-order valence-corrected chi connectivity index (χ2v) is 4.41. The Morgan fingerprint density at radius 2 is 2.12 bits per heavy atom. The monoisotopic (exact) mass is 235 g/mol. The molecule has 0 saturated heterocycles. The Hall–Kier alpha value is -1.29. The molecule has 1 aliphatic heterocycles. The predicted molar refractivity (Wildman–Crippen MR) is 65.6 cm³/mol. The summed E-state index contributed by atoms with van der Waals surface area (Å²) in [7, 11) is 0. The number of aliphatic imine (C=N–C) groups is 1. The van der Waals surface area contributed by atoms with E-state index in [1.807, 2.05) is 37.3 Å². The molecule has 1 atom stereocenters. The van der Waals surface area contributed by atoms with Gasteiger partial charge in [-0.2, -0.15) is 0 Å². The number of carbonyl (C=O) groups excluding carboxylic acids is 1. The number of ether oxygens (including phenoxy) is 1. The van der Waals surface area contributed by atoms with Crippen molar-refractivity contribution in [2.75, 3.05) is 6.61 Å². The van der Waals surface area contributed by atoms with E-state index < -0.39 is 0 Å². The molecule has 1 aliphatic rings. The molecule has 0 radical (unpaired) electrons. The zero-order chi connectivity index (χ0) is 11.4. The standard InChI is InChI=1S/C12H13NO2S/c1-2-15-12-13-10(11(14)16-12)8-9-6-4-3-5-7-9/h3-7,10H,2,8H2,1H3. The van der Waals surface area contributed by atoms with Crippen LogP contribution in [0.5, 0.6) is 0 Å². The number of benzene rings is 1. The van der Waals surface area contributed by atoms with Gasteiger partial charge in [-0.25, -0.2) is 4.99 Å². The third kappa shape index (κ3) is 2.64. The van der Waals surface area contributed by atoms with Crippen LogP contribution in [0.25, 0.3) is 0 Å². The molecule has 0 saturated carbocycles. The molecule has 0 aliphatic carbocycles. The lowest BCUT2D eigenvalue weighted by molar-refractivity contribution is -0.111. The summed E-state index contributed by atoms with van der Waals surface area (Å²) in [6.45, 7) is 2.44. The number of carbonyl (C=O) groups is 1. The molecule has 84 valence electrons. The van der Waals surface area contributed by atoms with E-state index in [0.717, 1.165) is 17.3 Å². The first-order chi connectivity index (χ1) is 7.79. The Morgan fingerprint density at radius 3 is 2.81 bits per heavy atom. The Morgan fingerprint density at radius 1 is 1.38 bits per heavy atom. The van der Waals surface area contributed by atoms with E-state index in [2.05, 4.69) is 4.99 Å². The quantitative estimate of drug-likeness (QED) is 0.806. The van der Waals surface area contributed by atoms with Gasteiger partial charge in [0.05, 0.1) is 6.61 Å². The minimum atomic E-state index is -0.283. The molecule has 1 heterocycles. The fraction of sp³-hybridized carbons (Fsp3) is 0.333. The first kappa shape index (κ1) is 11.2. The van der Waals surface area contributed by atoms with E-state index in [1.165, 1.54) is 0 Å². The predicted octanol–water partition coefficient (Wildman–Crippen LogP) is 2.26. The van der Waals surface area contributed by atoms with Gasteiger partial charge in [-0.3, -0.25) is 4.79 Å². The summed E-state index contributed by atoms with van der Waals surface area (Å²) in [4.78, 5) is 15.9. The molecule has 0 N–H and O–H groups in total. The van der Waals surface area contributed by atoms with E-state index in [-0.39, 0.29) is 11.2 Å². The molecule has 16 heavy (non-hydrogen) atoms. The van der Waals surface area contributed by atoms with Crippen LogP contribution in [-0.2, 0) is 16.0 Å². The van der Waals surface area contributed by atoms with Crippen LogP contribution in [0, 0.1) is 0 Å². The fourth-order valence-electron chi connectivity index (χ4n) is 1.52. The van der Waals surface area contributed by atoms with E-state index in [9.17, 15) is 4.79 Å². The van der Waals surface area contributed by atoms with Crippen LogP contribution in [0.4, 0.5) is 0 Å². The number of thioether (sulfide) groups is 1. The lowest BCUT2D eigenvalue weighted by atomic mass is 10.1. The smallest absolute Gasteiger partial charge is 0.254 e. The van der Waals surface area contributed by atoms with Crippen LogP contribution in [0.1, 0.15) is 12.5 Å². The molecule has 1 unspecified atom stereocenters. The van der Waals surface area contributed by atoms with Gasteiger partial charge in [-0.15, -0.1) is 0 Å². The SMILES string of the molecule is CCOC1=NC(Cc2ccccc2)C(=O)S1. The van der Waals surface area contributed by atoms with Crippen molar-refractivity contribution < 1.29 is 9.53 Å². The summed E-state index contributed by atoms with van der Waals surface area (Å²) in [5, 5.41) is 0.584. The Labute approximate surface area is 98.9 Å². The third-order valence-corrected chi connectivity index (χ3v) is 3.13. The highest BCUT2D eigenvalue weighted by Gasteiger charge is 2.28. The molecule has 4 heteroatoms. The molecule has 2 rings (SSSR count). The van der Waals surface area contributed by atoms with Gasteiger partial charge in [0.2, 0.25) is 5.12 Å².